The van der Waals surface area contributed by atoms with Crippen molar-refractivity contribution >= 4 is 17.7 Å². The van der Waals surface area contributed by atoms with Gasteiger partial charge in [-0.05, 0) is 93.6 Å². The van der Waals surface area contributed by atoms with Crippen molar-refractivity contribution in [1.29, 1.82) is 0 Å². The lowest BCUT2D eigenvalue weighted by Crippen LogP contribution is -2.52. The third-order valence-corrected chi connectivity index (χ3v) is 8.30. The molecule has 184 valence electrons. The summed E-state index contributed by atoms with van der Waals surface area (Å²) in [5.41, 5.74) is 2.98. The maximum atomic E-state index is 13.1. The van der Waals surface area contributed by atoms with Gasteiger partial charge in [0.15, 0.2) is 0 Å². The van der Waals surface area contributed by atoms with Gasteiger partial charge in [0, 0.05) is 31.6 Å². The van der Waals surface area contributed by atoms with Gasteiger partial charge in [0.25, 0.3) is 5.91 Å². The van der Waals surface area contributed by atoms with E-state index in [9.17, 15) is 14.4 Å². The lowest BCUT2D eigenvalue weighted by atomic mass is 9.88. The van der Waals surface area contributed by atoms with Crippen LogP contribution in [0.15, 0.2) is 18.2 Å². The highest BCUT2D eigenvalue weighted by molar-refractivity contribution is 6.05. The van der Waals surface area contributed by atoms with Gasteiger partial charge < -0.3 is 10.2 Å². The second-order valence-corrected chi connectivity index (χ2v) is 10.7. The van der Waals surface area contributed by atoms with E-state index in [1.807, 2.05) is 12.1 Å². The molecule has 0 spiro atoms. The summed E-state index contributed by atoms with van der Waals surface area (Å²) in [5, 5.41) is 5.93. The number of carbonyl (C=O) groups is 3. The number of amides is 3. The average molecular weight is 467 g/mol. The van der Waals surface area contributed by atoms with Crippen LogP contribution < -0.4 is 10.6 Å². The van der Waals surface area contributed by atoms with E-state index < -0.39 is 6.04 Å². The van der Waals surface area contributed by atoms with Gasteiger partial charge in [-0.1, -0.05) is 18.6 Å². The molecular weight excluding hydrogens is 428 g/mol. The van der Waals surface area contributed by atoms with E-state index in [0.717, 1.165) is 42.6 Å². The fourth-order valence-electron chi connectivity index (χ4n) is 6.43. The van der Waals surface area contributed by atoms with E-state index in [0.29, 0.717) is 13.0 Å². The average Bonchev–Trinajstić information content (AvgIpc) is 3.17. The van der Waals surface area contributed by atoms with Crippen LogP contribution in [0.3, 0.4) is 0 Å². The standard InChI is InChI=1S/C27H38N4O3/c32-25-12-11-24(26(33)29-25)31-18-23-21(9-2-10-22(23)27(31)34)17-30-14-4-8-20(16-30)6-1-5-19-7-3-13-28-15-19/h2,9-10,19-20,24,28H,1,3-8,11-18H2,(H,29,32,33). The predicted molar refractivity (Wildman–Crippen MR) is 130 cm³/mol. The fourth-order valence-corrected chi connectivity index (χ4v) is 6.43. The molecule has 0 aliphatic carbocycles. The first-order valence-corrected chi connectivity index (χ1v) is 13.3. The summed E-state index contributed by atoms with van der Waals surface area (Å²) >= 11 is 0. The molecule has 4 aliphatic rings. The summed E-state index contributed by atoms with van der Waals surface area (Å²) in [6, 6.07) is 5.44. The molecule has 1 aromatic carbocycles. The van der Waals surface area contributed by atoms with E-state index in [-0.39, 0.29) is 24.1 Å². The molecule has 3 amide bonds. The summed E-state index contributed by atoms with van der Waals surface area (Å²) in [4.78, 5) is 41.2. The van der Waals surface area contributed by atoms with Crippen molar-refractivity contribution in [3.63, 3.8) is 0 Å². The summed E-state index contributed by atoms with van der Waals surface area (Å²) in [6.07, 6.45) is 9.99. The van der Waals surface area contributed by atoms with Crippen LogP contribution in [0.5, 0.6) is 0 Å². The molecule has 4 heterocycles. The minimum absolute atomic E-state index is 0.0833. The van der Waals surface area contributed by atoms with Crippen LogP contribution >= 0.6 is 0 Å². The smallest absolute Gasteiger partial charge is 0.255 e. The summed E-state index contributed by atoms with van der Waals surface area (Å²) < 4.78 is 0. The Bertz CT molecular complexity index is 926. The SMILES string of the molecule is O=C1CCC(N2Cc3c(CN4CCCC(CCCC5CCCNC5)C4)cccc3C2=O)C(=O)N1. The van der Waals surface area contributed by atoms with Gasteiger partial charge >= 0.3 is 0 Å². The molecule has 34 heavy (non-hydrogen) atoms. The normalized spacial score (nSPS) is 28.2. The van der Waals surface area contributed by atoms with E-state index in [4.69, 9.17) is 0 Å². The van der Waals surface area contributed by atoms with Gasteiger partial charge in [0.2, 0.25) is 11.8 Å². The molecule has 0 bridgehead atoms. The quantitative estimate of drug-likeness (QED) is 0.604. The molecule has 1 aromatic rings. The summed E-state index contributed by atoms with van der Waals surface area (Å²) in [7, 11) is 0. The van der Waals surface area contributed by atoms with E-state index in [1.165, 1.54) is 63.6 Å². The first-order valence-electron chi connectivity index (χ1n) is 13.3. The molecule has 7 nitrogen and oxygen atoms in total. The van der Waals surface area contributed by atoms with Gasteiger partial charge in [0.1, 0.15) is 6.04 Å². The number of fused-ring (bicyclic) bond motifs is 1. The highest BCUT2D eigenvalue weighted by atomic mass is 16.2. The number of benzene rings is 1. The lowest BCUT2D eigenvalue weighted by molar-refractivity contribution is -0.136. The zero-order valence-corrected chi connectivity index (χ0v) is 20.2. The number of hydrogen-bond acceptors (Lipinski definition) is 5. The molecule has 3 atom stereocenters. The third-order valence-electron chi connectivity index (χ3n) is 8.30. The third kappa shape index (κ3) is 5.20. The number of nitrogens with one attached hydrogen (secondary N) is 2. The van der Waals surface area contributed by atoms with Crippen LogP contribution in [-0.4, -0.2) is 59.7 Å². The van der Waals surface area contributed by atoms with Crippen LogP contribution in [-0.2, 0) is 22.7 Å². The molecule has 7 heteroatoms. The molecule has 0 aromatic heterocycles. The van der Waals surface area contributed by atoms with Crippen LogP contribution in [0.25, 0.3) is 0 Å². The van der Waals surface area contributed by atoms with Crippen LogP contribution in [0.4, 0.5) is 0 Å². The van der Waals surface area contributed by atoms with Crippen molar-refractivity contribution in [2.45, 2.75) is 76.9 Å². The minimum Gasteiger partial charge on any atom is -0.322 e. The minimum atomic E-state index is -0.552. The Kier molecular flexibility index (Phi) is 7.30. The summed E-state index contributed by atoms with van der Waals surface area (Å²) in [6.45, 7) is 5.96. The molecule has 5 rings (SSSR count). The lowest BCUT2D eigenvalue weighted by Gasteiger charge is -2.33. The second kappa shape index (κ2) is 10.6. The zero-order valence-electron chi connectivity index (χ0n) is 20.2. The van der Waals surface area contributed by atoms with Gasteiger partial charge in [0.05, 0.1) is 0 Å². The first kappa shape index (κ1) is 23.5. The van der Waals surface area contributed by atoms with Crippen LogP contribution in [0.2, 0.25) is 0 Å². The second-order valence-electron chi connectivity index (χ2n) is 10.7. The van der Waals surface area contributed by atoms with Crippen LogP contribution in [0.1, 0.15) is 79.3 Å². The Morgan fingerprint density at radius 3 is 2.68 bits per heavy atom. The maximum absolute atomic E-state index is 13.1. The Morgan fingerprint density at radius 2 is 1.85 bits per heavy atom. The van der Waals surface area contributed by atoms with Crippen molar-refractivity contribution in [1.82, 2.24) is 20.4 Å². The zero-order chi connectivity index (χ0) is 23.5. The maximum Gasteiger partial charge on any atom is 0.255 e. The van der Waals surface area contributed by atoms with Gasteiger partial charge in [-0.3, -0.25) is 24.6 Å². The molecule has 3 saturated heterocycles. The number of likely N-dealkylation sites (tertiary alicyclic amines) is 1. The van der Waals surface area contributed by atoms with Crippen molar-refractivity contribution in [2.75, 3.05) is 26.2 Å². The van der Waals surface area contributed by atoms with Gasteiger partial charge in [-0.25, -0.2) is 0 Å². The number of hydrogen-bond donors (Lipinski definition) is 2. The Labute approximate surface area is 202 Å². The largest absolute Gasteiger partial charge is 0.322 e. The number of nitrogens with zero attached hydrogens (tertiary/aromatic N) is 2. The van der Waals surface area contributed by atoms with Crippen LogP contribution in [0, 0.1) is 11.8 Å². The molecule has 0 saturated carbocycles. The van der Waals surface area contributed by atoms with Crippen molar-refractivity contribution in [2.24, 2.45) is 11.8 Å². The van der Waals surface area contributed by atoms with Crippen molar-refractivity contribution < 1.29 is 14.4 Å². The topological polar surface area (TPSA) is 81.8 Å². The van der Waals surface area contributed by atoms with Gasteiger partial charge in [-0.15, -0.1) is 0 Å². The van der Waals surface area contributed by atoms with E-state index in [1.54, 1.807) is 4.90 Å². The molecule has 2 N–H and O–H groups in total. The molecular formula is C27H38N4O3. The molecule has 4 aliphatic heterocycles. The predicted octanol–water partition coefficient (Wildman–Crippen LogP) is 2.83. The molecule has 3 fully saturated rings. The highest BCUT2D eigenvalue weighted by Crippen LogP contribution is 2.32. The van der Waals surface area contributed by atoms with E-state index >= 15 is 0 Å². The number of piperidine rings is 3. The number of carbonyl (C=O) groups excluding carboxylic acids is 3. The highest BCUT2D eigenvalue weighted by Gasteiger charge is 2.39. The summed E-state index contributed by atoms with van der Waals surface area (Å²) in [5.74, 6) is 0.955. The number of rotatable bonds is 7. The molecule has 3 unspecified atom stereocenters. The Hall–Kier alpha value is -2.25. The van der Waals surface area contributed by atoms with Crippen molar-refractivity contribution in [3.05, 3.63) is 34.9 Å². The fraction of sp³-hybridized carbons (Fsp3) is 0.667. The monoisotopic (exact) mass is 466 g/mol. The first-order chi connectivity index (χ1) is 16.6. The molecule has 0 radical (unpaired) electrons. The number of imide groups is 1. The van der Waals surface area contributed by atoms with Gasteiger partial charge in [-0.2, -0.15) is 0 Å². The Balaban J connectivity index is 1.18. The van der Waals surface area contributed by atoms with E-state index in [2.05, 4.69) is 21.6 Å². The van der Waals surface area contributed by atoms with Crippen molar-refractivity contribution in [3.8, 4) is 0 Å². The Morgan fingerprint density at radius 1 is 1.00 bits per heavy atom.